The van der Waals surface area contributed by atoms with E-state index in [1.165, 1.54) is 23.5 Å². The molecule has 0 spiro atoms. The summed E-state index contributed by atoms with van der Waals surface area (Å²) in [6.45, 7) is -0.609. The lowest BCUT2D eigenvalue weighted by molar-refractivity contribution is -0.147. The first kappa shape index (κ1) is 13.5. The third kappa shape index (κ3) is 3.31. The van der Waals surface area contributed by atoms with Gasteiger partial charge in [-0.25, -0.2) is 15.3 Å². The van der Waals surface area contributed by atoms with Crippen molar-refractivity contribution in [2.24, 2.45) is 0 Å². The molecule has 0 saturated carbocycles. The largest absolute Gasteiger partial charge is 0.479 e. The van der Waals surface area contributed by atoms with Crippen LogP contribution in [0, 0.1) is 0 Å². The van der Waals surface area contributed by atoms with E-state index in [4.69, 9.17) is 16.7 Å². The summed E-state index contributed by atoms with van der Waals surface area (Å²) in [6, 6.07) is 0. The Kier molecular flexibility index (Phi) is 4.15. The molecule has 0 bridgehead atoms. The summed E-state index contributed by atoms with van der Waals surface area (Å²) in [5, 5.41) is 10.4. The number of imidazole rings is 1. The molecule has 0 fully saturated rings. The molecule has 1 amide bonds. The number of hydroxylamine groups is 1. The Hall–Kier alpha value is -1.90. The summed E-state index contributed by atoms with van der Waals surface area (Å²) in [5.74, 6) is -1.77. The number of carboxylic acids is 1. The highest BCUT2D eigenvalue weighted by Crippen LogP contribution is 2.22. The summed E-state index contributed by atoms with van der Waals surface area (Å²) in [5.41, 5.74) is 2.52. The molecule has 2 rings (SSSR count). The monoisotopic (exact) mass is 301 g/mol. The van der Waals surface area contributed by atoms with E-state index in [0.29, 0.717) is 10.7 Å². The Morgan fingerprint density at radius 2 is 2.42 bits per heavy atom. The number of nitrogens with one attached hydrogen (secondary N) is 1. The van der Waals surface area contributed by atoms with Gasteiger partial charge in [-0.3, -0.25) is 14.0 Å². The molecule has 0 radical (unpaired) electrons. The second-order valence-corrected chi connectivity index (χ2v) is 4.56. The first-order valence-electron chi connectivity index (χ1n) is 5.00. The van der Waals surface area contributed by atoms with Crippen LogP contribution in [0.25, 0.3) is 11.0 Å². The van der Waals surface area contributed by atoms with E-state index in [1.54, 1.807) is 10.6 Å². The van der Waals surface area contributed by atoms with Crippen LogP contribution in [0.2, 0.25) is 5.15 Å². The molecule has 19 heavy (non-hydrogen) atoms. The van der Waals surface area contributed by atoms with Crippen molar-refractivity contribution >= 4 is 45.9 Å². The van der Waals surface area contributed by atoms with Gasteiger partial charge in [-0.15, -0.1) is 11.3 Å². The van der Waals surface area contributed by atoms with Crippen LogP contribution in [0.15, 0.2) is 17.7 Å². The van der Waals surface area contributed by atoms with Gasteiger partial charge in [-0.2, -0.15) is 0 Å². The van der Waals surface area contributed by atoms with Gasteiger partial charge in [0.1, 0.15) is 0 Å². The van der Waals surface area contributed by atoms with Crippen LogP contribution in [0.3, 0.4) is 0 Å². The molecular weight excluding hydrogens is 294 g/mol. The van der Waals surface area contributed by atoms with Crippen molar-refractivity contribution in [1.82, 2.24) is 14.9 Å². The van der Waals surface area contributed by atoms with Gasteiger partial charge in [0.05, 0.1) is 5.69 Å². The van der Waals surface area contributed by atoms with E-state index < -0.39 is 18.5 Å². The summed E-state index contributed by atoms with van der Waals surface area (Å²) in [7, 11) is 0. The zero-order valence-electron chi connectivity index (χ0n) is 9.37. The van der Waals surface area contributed by atoms with Gasteiger partial charge in [0.25, 0.3) is 5.91 Å². The lowest BCUT2D eigenvalue weighted by Gasteiger charge is -1.99. The number of carbonyl (C=O) groups is 2. The average molecular weight is 302 g/mol. The maximum absolute atomic E-state index is 11.3. The van der Waals surface area contributed by atoms with Crippen molar-refractivity contribution in [2.45, 2.75) is 0 Å². The van der Waals surface area contributed by atoms with Crippen LogP contribution >= 0.6 is 22.9 Å². The molecule has 0 saturated heterocycles. The zero-order chi connectivity index (χ0) is 13.8. The first-order valence-corrected chi connectivity index (χ1v) is 6.26. The molecule has 100 valence electrons. The van der Waals surface area contributed by atoms with Gasteiger partial charge < -0.3 is 5.11 Å². The second kappa shape index (κ2) is 5.83. The van der Waals surface area contributed by atoms with Crippen molar-refractivity contribution in [1.29, 1.82) is 0 Å². The van der Waals surface area contributed by atoms with Crippen LogP contribution in [-0.2, 0) is 14.4 Å². The molecule has 2 N–H and O–H groups in total. The lowest BCUT2D eigenvalue weighted by Crippen LogP contribution is -2.24. The van der Waals surface area contributed by atoms with Gasteiger partial charge in [0.2, 0.25) is 0 Å². The summed E-state index contributed by atoms with van der Waals surface area (Å²) >= 11 is 7.34. The highest BCUT2D eigenvalue weighted by molar-refractivity contribution is 7.15. The molecular formula is C10H8ClN3O4S. The fraction of sp³-hybridized carbons (Fsp3) is 0.100. The smallest absolute Gasteiger partial charge is 0.332 e. The number of carboxylic acid groups (broad SMARTS) is 1. The minimum absolute atomic E-state index is 0.280. The number of hydrogen-bond donors (Lipinski definition) is 2. The molecule has 2 heterocycles. The van der Waals surface area contributed by atoms with E-state index in [1.807, 2.05) is 10.9 Å². The molecule has 2 aromatic rings. The molecule has 0 atom stereocenters. The quantitative estimate of drug-likeness (QED) is 0.639. The van der Waals surface area contributed by atoms with E-state index >= 15 is 0 Å². The number of nitrogens with zero attached hydrogens (tertiary/aromatic N) is 2. The van der Waals surface area contributed by atoms with Crippen molar-refractivity contribution in [3.05, 3.63) is 28.5 Å². The van der Waals surface area contributed by atoms with Gasteiger partial charge in [-0.05, 0) is 6.08 Å². The fourth-order valence-corrected chi connectivity index (χ4v) is 2.29. The SMILES string of the molecule is O=C(O)CONC(=O)C=Cc1c(Cl)nc2sccn12. The van der Waals surface area contributed by atoms with Crippen molar-refractivity contribution in [3.63, 3.8) is 0 Å². The Morgan fingerprint density at radius 1 is 1.63 bits per heavy atom. The van der Waals surface area contributed by atoms with Crippen LogP contribution in [0.4, 0.5) is 0 Å². The number of aromatic nitrogens is 2. The van der Waals surface area contributed by atoms with Gasteiger partial charge in [0.15, 0.2) is 16.7 Å². The molecule has 0 aliphatic carbocycles. The first-order chi connectivity index (χ1) is 9.08. The summed E-state index contributed by atoms with van der Waals surface area (Å²) in [4.78, 5) is 30.7. The fourth-order valence-electron chi connectivity index (χ4n) is 1.28. The Labute approximate surface area is 116 Å². The summed E-state index contributed by atoms with van der Waals surface area (Å²) < 4.78 is 1.73. The molecule has 0 aliphatic heterocycles. The molecule has 2 aromatic heterocycles. The van der Waals surface area contributed by atoms with Crippen LogP contribution in [-0.4, -0.2) is 33.0 Å². The van der Waals surface area contributed by atoms with Crippen LogP contribution in [0.1, 0.15) is 5.69 Å². The number of fused-ring (bicyclic) bond motifs is 1. The van der Waals surface area contributed by atoms with Crippen molar-refractivity contribution in [3.8, 4) is 0 Å². The molecule has 9 heteroatoms. The predicted molar refractivity (Wildman–Crippen MR) is 68.8 cm³/mol. The minimum atomic E-state index is -1.18. The number of halogens is 1. The van der Waals surface area contributed by atoms with E-state index in [-0.39, 0.29) is 5.15 Å². The van der Waals surface area contributed by atoms with Gasteiger partial charge >= 0.3 is 5.97 Å². The summed E-state index contributed by atoms with van der Waals surface area (Å²) in [6.07, 6.45) is 4.42. The average Bonchev–Trinajstić information content (AvgIpc) is 2.87. The van der Waals surface area contributed by atoms with Crippen molar-refractivity contribution in [2.75, 3.05) is 6.61 Å². The standard InChI is InChI=1S/C10H8ClN3O4S/c11-9-6(14-3-4-19-10(14)12-9)1-2-7(15)13-18-5-8(16)17/h1-4H,5H2,(H,13,15)(H,16,17). The van der Waals surface area contributed by atoms with Crippen molar-refractivity contribution < 1.29 is 19.5 Å². The van der Waals surface area contributed by atoms with Crippen LogP contribution in [0.5, 0.6) is 0 Å². The number of rotatable bonds is 5. The number of carbonyl (C=O) groups excluding carboxylic acids is 1. The van der Waals surface area contributed by atoms with Gasteiger partial charge in [0, 0.05) is 17.7 Å². The second-order valence-electron chi connectivity index (χ2n) is 3.33. The number of hydrogen-bond acceptors (Lipinski definition) is 5. The molecule has 0 aromatic carbocycles. The zero-order valence-corrected chi connectivity index (χ0v) is 10.9. The molecule has 0 aliphatic rings. The Morgan fingerprint density at radius 3 is 3.16 bits per heavy atom. The van der Waals surface area contributed by atoms with Crippen LogP contribution < -0.4 is 5.48 Å². The maximum atomic E-state index is 11.3. The third-order valence-electron chi connectivity index (χ3n) is 2.02. The third-order valence-corrected chi connectivity index (χ3v) is 3.05. The minimum Gasteiger partial charge on any atom is -0.479 e. The number of aliphatic carboxylic acids is 1. The topological polar surface area (TPSA) is 92.9 Å². The molecule has 0 unspecified atom stereocenters. The number of thiazole rings is 1. The molecule has 7 nitrogen and oxygen atoms in total. The Balaban J connectivity index is 2.01. The highest BCUT2D eigenvalue weighted by atomic mass is 35.5. The predicted octanol–water partition coefficient (Wildman–Crippen LogP) is 1.19. The Bertz CT molecular complexity index is 648. The maximum Gasteiger partial charge on any atom is 0.332 e. The number of amides is 1. The van der Waals surface area contributed by atoms with E-state index in [2.05, 4.69) is 9.82 Å². The normalized spacial score (nSPS) is 11.2. The van der Waals surface area contributed by atoms with Gasteiger partial charge in [-0.1, -0.05) is 11.6 Å². The van der Waals surface area contributed by atoms with E-state index in [0.717, 1.165) is 0 Å². The highest BCUT2D eigenvalue weighted by Gasteiger charge is 2.08. The lowest BCUT2D eigenvalue weighted by atomic mass is 10.4. The van der Waals surface area contributed by atoms with E-state index in [9.17, 15) is 9.59 Å².